The fourth-order valence-corrected chi connectivity index (χ4v) is 6.83. The van der Waals surface area contributed by atoms with Crippen LogP contribution in [0.5, 0.6) is 0 Å². The number of benzene rings is 2. The molecule has 1 saturated carbocycles. The summed E-state index contributed by atoms with van der Waals surface area (Å²) in [5, 5.41) is 6.50. The topological polar surface area (TPSA) is 115 Å². The van der Waals surface area contributed by atoms with Crippen molar-refractivity contribution >= 4 is 44.2 Å². The van der Waals surface area contributed by atoms with Crippen molar-refractivity contribution in [2.45, 2.75) is 49.6 Å². The number of hydrogen-bond donors (Lipinski definition) is 2. The van der Waals surface area contributed by atoms with Crippen molar-refractivity contribution in [2.75, 3.05) is 10.6 Å². The highest BCUT2D eigenvalue weighted by Crippen LogP contribution is 2.35. The lowest BCUT2D eigenvalue weighted by molar-refractivity contribution is 0.424. The Hall–Kier alpha value is -4.23. The molecule has 0 unspecified atom stereocenters. The van der Waals surface area contributed by atoms with Crippen LogP contribution in [0.2, 0.25) is 5.28 Å². The second-order valence-corrected chi connectivity index (χ2v) is 12.5. The number of rotatable bonds is 7. The van der Waals surface area contributed by atoms with Gasteiger partial charge < -0.3 is 10.6 Å². The maximum Gasteiger partial charge on any atom is 0.268 e. The molecule has 0 aliphatic heterocycles. The lowest BCUT2D eigenvalue weighted by Crippen LogP contribution is -2.35. The van der Waals surface area contributed by atoms with Crippen LogP contribution in [0.25, 0.3) is 22.3 Å². The largest absolute Gasteiger partial charge is 0.367 e. The molecule has 2 atom stereocenters. The molecule has 222 valence electrons. The van der Waals surface area contributed by atoms with E-state index in [1.165, 1.54) is 12.1 Å². The van der Waals surface area contributed by atoms with E-state index in [1.54, 1.807) is 31.3 Å². The summed E-state index contributed by atoms with van der Waals surface area (Å²) in [4.78, 5) is 16.3. The summed E-state index contributed by atoms with van der Waals surface area (Å²) >= 11 is 5.89. The van der Waals surface area contributed by atoms with Gasteiger partial charge >= 0.3 is 0 Å². The molecule has 43 heavy (non-hydrogen) atoms. The first-order valence-corrected chi connectivity index (χ1v) is 15.3. The van der Waals surface area contributed by atoms with Gasteiger partial charge in [-0.05, 0) is 68.5 Å². The summed E-state index contributed by atoms with van der Waals surface area (Å²) in [7, 11) is -4.30. The lowest BCUT2D eigenvalue weighted by atomic mass is 9.91. The maximum atomic E-state index is 15.2. The average molecular weight is 628 g/mol. The van der Waals surface area contributed by atoms with Crippen LogP contribution in [-0.4, -0.2) is 44.4 Å². The molecule has 1 fully saturated rings. The Balaban J connectivity index is 1.34. The predicted molar refractivity (Wildman–Crippen MR) is 157 cm³/mol. The second-order valence-electron chi connectivity index (χ2n) is 10.4. The number of halogens is 4. The Morgan fingerprint density at radius 3 is 2.44 bits per heavy atom. The SMILES string of the molecule is Cc1ccc(S(=O)(=O)n2cc(-c3ncc(F)c(N[C@@H]4CCC[C@H](Nc5ccnc(Cl)n5)C4)n3)c3cc(F)cc(F)c32)cc1. The fourth-order valence-electron chi connectivity index (χ4n) is 5.31. The van der Waals surface area contributed by atoms with E-state index in [4.69, 9.17) is 11.6 Å². The number of nitrogens with one attached hydrogen (secondary N) is 2. The van der Waals surface area contributed by atoms with Crippen molar-refractivity contribution in [3.05, 3.63) is 89.4 Å². The molecule has 1 aliphatic carbocycles. The Morgan fingerprint density at radius 2 is 1.70 bits per heavy atom. The van der Waals surface area contributed by atoms with Crippen LogP contribution in [0.4, 0.5) is 24.8 Å². The van der Waals surface area contributed by atoms with Crippen molar-refractivity contribution in [2.24, 2.45) is 0 Å². The van der Waals surface area contributed by atoms with E-state index in [0.717, 1.165) is 47.3 Å². The molecule has 1 aliphatic rings. The first-order valence-electron chi connectivity index (χ1n) is 13.5. The standard InChI is InChI=1S/C29H25ClF3N7O2S/c1-16-5-7-20(8-6-16)43(41,42)40-15-22(21-11-17(31)12-23(32)26(21)40)27-35-14-24(33)28(39-27)37-19-4-2-3-18(13-19)36-25-9-10-34-29(30)38-25/h5-12,14-15,18-19H,2-4,13H2,1H3,(H,34,36,38)(H,35,37,39)/t18-,19+/m0/s1. The number of aryl methyl sites for hydroxylation is 1. The molecule has 3 aromatic heterocycles. The van der Waals surface area contributed by atoms with Crippen LogP contribution < -0.4 is 10.6 Å². The van der Waals surface area contributed by atoms with Gasteiger partial charge in [0, 0.05) is 41.5 Å². The Bertz CT molecular complexity index is 1940. The maximum absolute atomic E-state index is 15.2. The minimum atomic E-state index is -4.30. The number of hydrogen-bond acceptors (Lipinski definition) is 8. The van der Waals surface area contributed by atoms with Gasteiger partial charge in [-0.25, -0.2) is 45.5 Å². The molecule has 0 amide bonds. The van der Waals surface area contributed by atoms with Crippen LogP contribution in [-0.2, 0) is 10.0 Å². The first kappa shape index (κ1) is 28.9. The lowest BCUT2D eigenvalue weighted by Gasteiger charge is -2.31. The fraction of sp³-hybridized carbons (Fsp3) is 0.241. The third-order valence-electron chi connectivity index (χ3n) is 7.34. The van der Waals surface area contributed by atoms with E-state index in [9.17, 15) is 17.2 Å². The van der Waals surface area contributed by atoms with E-state index in [2.05, 4.69) is 30.6 Å². The molecule has 6 rings (SSSR count). The molecule has 2 aromatic carbocycles. The van der Waals surface area contributed by atoms with Gasteiger partial charge in [-0.3, -0.25) is 0 Å². The van der Waals surface area contributed by atoms with E-state index >= 15 is 4.39 Å². The molecular weight excluding hydrogens is 603 g/mol. The smallest absolute Gasteiger partial charge is 0.268 e. The van der Waals surface area contributed by atoms with Crippen molar-refractivity contribution in [1.82, 2.24) is 23.9 Å². The number of fused-ring (bicyclic) bond motifs is 1. The molecule has 14 heteroatoms. The van der Waals surface area contributed by atoms with E-state index < -0.39 is 27.5 Å². The number of nitrogens with zero attached hydrogens (tertiary/aromatic N) is 5. The third kappa shape index (κ3) is 5.87. The van der Waals surface area contributed by atoms with Gasteiger partial charge in [-0.2, -0.15) is 0 Å². The second kappa shape index (κ2) is 11.5. The summed E-state index contributed by atoms with van der Waals surface area (Å²) in [5.41, 5.74) is 0.491. The number of anilines is 2. The Morgan fingerprint density at radius 1 is 0.953 bits per heavy atom. The van der Waals surface area contributed by atoms with Crippen molar-refractivity contribution in [3.8, 4) is 11.4 Å². The van der Waals surface area contributed by atoms with Gasteiger partial charge in [0.25, 0.3) is 10.0 Å². The highest BCUT2D eigenvalue weighted by molar-refractivity contribution is 7.90. The summed E-state index contributed by atoms with van der Waals surface area (Å²) < 4.78 is 72.4. The van der Waals surface area contributed by atoms with E-state index in [0.29, 0.717) is 18.3 Å². The van der Waals surface area contributed by atoms with Crippen LogP contribution in [0, 0.1) is 24.4 Å². The summed E-state index contributed by atoms with van der Waals surface area (Å²) in [6.45, 7) is 1.80. The van der Waals surface area contributed by atoms with Crippen LogP contribution in [0.15, 0.2) is 66.0 Å². The average Bonchev–Trinajstić information content (AvgIpc) is 3.35. The number of aromatic nitrogens is 5. The molecule has 0 spiro atoms. The normalized spacial score (nSPS) is 17.2. The van der Waals surface area contributed by atoms with Crippen LogP contribution in [0.1, 0.15) is 31.2 Å². The van der Waals surface area contributed by atoms with Gasteiger partial charge in [-0.1, -0.05) is 17.7 Å². The van der Waals surface area contributed by atoms with Crippen LogP contribution >= 0.6 is 11.6 Å². The monoisotopic (exact) mass is 627 g/mol. The Labute approximate surface area is 250 Å². The first-order chi connectivity index (χ1) is 20.6. The van der Waals surface area contributed by atoms with E-state index in [-0.39, 0.29) is 50.4 Å². The highest BCUT2D eigenvalue weighted by Gasteiger charge is 2.27. The van der Waals surface area contributed by atoms with Gasteiger partial charge in [0.05, 0.1) is 11.1 Å². The molecule has 0 bridgehead atoms. The van der Waals surface area contributed by atoms with Gasteiger partial charge in [0.2, 0.25) is 5.28 Å². The molecule has 0 radical (unpaired) electrons. The Kier molecular flexibility index (Phi) is 7.69. The summed E-state index contributed by atoms with van der Waals surface area (Å²) in [6, 6.07) is 9.21. The molecular formula is C29H25ClF3N7O2S. The van der Waals surface area contributed by atoms with Crippen LogP contribution in [0.3, 0.4) is 0 Å². The molecule has 5 aromatic rings. The predicted octanol–water partition coefficient (Wildman–Crippen LogP) is 6.34. The summed E-state index contributed by atoms with van der Waals surface area (Å²) in [5.74, 6) is -2.35. The molecule has 3 heterocycles. The van der Waals surface area contributed by atoms with Gasteiger partial charge in [0.1, 0.15) is 17.2 Å². The quantitative estimate of drug-likeness (QED) is 0.201. The highest BCUT2D eigenvalue weighted by atomic mass is 35.5. The van der Waals surface area contributed by atoms with Gasteiger partial charge in [0.15, 0.2) is 23.3 Å². The zero-order chi connectivity index (χ0) is 30.3. The zero-order valence-corrected chi connectivity index (χ0v) is 24.3. The minimum absolute atomic E-state index is 0.0240. The van der Waals surface area contributed by atoms with Crippen molar-refractivity contribution in [1.29, 1.82) is 0 Å². The van der Waals surface area contributed by atoms with Crippen molar-refractivity contribution < 1.29 is 21.6 Å². The molecule has 9 nitrogen and oxygen atoms in total. The third-order valence-corrected chi connectivity index (χ3v) is 9.20. The van der Waals surface area contributed by atoms with Crippen molar-refractivity contribution in [3.63, 3.8) is 0 Å². The molecule has 2 N–H and O–H groups in total. The minimum Gasteiger partial charge on any atom is -0.367 e. The molecule has 0 saturated heterocycles. The zero-order valence-electron chi connectivity index (χ0n) is 22.7. The van der Waals surface area contributed by atoms with E-state index in [1.807, 2.05) is 0 Å². The van der Waals surface area contributed by atoms with Gasteiger partial charge in [-0.15, -0.1) is 0 Å². The summed E-state index contributed by atoms with van der Waals surface area (Å²) in [6.07, 6.45) is 6.69.